The molecule has 0 aromatic heterocycles. The second-order valence-corrected chi connectivity index (χ2v) is 33.2. The maximum absolute atomic E-state index is 13.2. The van der Waals surface area contributed by atoms with Gasteiger partial charge in [-0.05, 0) is 244 Å². The number of carbonyl (C=O) groups excluding carboxylic acids is 1. The summed E-state index contributed by atoms with van der Waals surface area (Å²) in [5.74, 6) is -0.706. The van der Waals surface area contributed by atoms with E-state index in [1.807, 2.05) is 115 Å². The molecule has 102 heavy (non-hydrogen) atoms. The first-order chi connectivity index (χ1) is 50.1. The molecule has 1 nitrogen and oxygen atoms in total. The molecule has 0 radical (unpaired) electrons. The molecule has 0 fully saturated rings. The third-order valence-electron chi connectivity index (χ3n) is 15.7. The highest BCUT2D eigenvalue weighted by Gasteiger charge is 2.33. The summed E-state index contributed by atoms with van der Waals surface area (Å²) in [7, 11) is -0.741. The van der Waals surface area contributed by atoms with Crippen LogP contribution >= 0.6 is 0 Å². The highest BCUT2D eigenvalue weighted by Crippen LogP contribution is 2.36. The van der Waals surface area contributed by atoms with Crippen LogP contribution in [0.5, 0.6) is 0 Å². The molecular weight excluding hydrogens is 1350 g/mol. The quantitative estimate of drug-likeness (QED) is 0.0696. The van der Waals surface area contributed by atoms with Crippen molar-refractivity contribution < 1.29 is 18.0 Å². The van der Waals surface area contributed by atoms with Crippen molar-refractivity contribution >= 4 is 60.8 Å². The van der Waals surface area contributed by atoms with Crippen molar-refractivity contribution in [3.63, 3.8) is 0 Å². The van der Waals surface area contributed by atoms with Crippen LogP contribution < -0.4 is 0 Å². The number of carbonyl (C=O) groups is 1. The fraction of sp³-hybridized carbons (Fsp3) is 0.0215. The lowest BCUT2D eigenvalue weighted by Gasteiger charge is -2.07. The SMILES string of the molecule is Cc1ccc([S+](c2ccccc2)c2ccccc2)cc1.Cc1ccc([S+](c2ccccc2)c2ccccc2)cc1.Fc1ccc([S+](c2ccccc2)c2ccc(F)cc2)cc1.Fc1ccc([S+](c2ccccc2)c2ccccc2)cc1.O=Cc1ccc([S+](c2ccccc2)c2ccccc2)cc1. The number of rotatable bonds is 16. The van der Waals surface area contributed by atoms with Crippen LogP contribution in [-0.2, 0) is 54.5 Å². The number of halogens is 3. The summed E-state index contributed by atoms with van der Waals surface area (Å²) in [6.07, 6.45) is 0.882. The molecule has 0 aliphatic heterocycles. The van der Waals surface area contributed by atoms with E-state index in [-0.39, 0.29) is 71.9 Å². The highest BCUT2D eigenvalue weighted by molar-refractivity contribution is 7.98. The summed E-state index contributed by atoms with van der Waals surface area (Å²) in [6.45, 7) is 4.26. The van der Waals surface area contributed by atoms with Gasteiger partial charge in [-0.3, -0.25) is 4.79 Å². The summed E-state index contributed by atoms with van der Waals surface area (Å²) in [6, 6.07) is 140. The first-order valence-electron chi connectivity index (χ1n) is 33.3. The first kappa shape index (κ1) is 72.8. The number of aldehydes is 1. The number of hydrogen-bond acceptors (Lipinski definition) is 1. The molecule has 15 aromatic rings. The zero-order valence-corrected chi connectivity index (χ0v) is 60.6. The van der Waals surface area contributed by atoms with E-state index in [1.165, 1.54) is 101 Å². The Morgan fingerprint density at radius 1 is 0.176 bits per heavy atom. The lowest BCUT2D eigenvalue weighted by molar-refractivity contribution is 0.112. The summed E-state index contributed by atoms with van der Waals surface area (Å²) in [4.78, 5) is 29.6. The minimum Gasteiger partial charge on any atom is -0.298 e. The minimum atomic E-state index is -0.365. The fourth-order valence-electron chi connectivity index (χ4n) is 10.8. The Morgan fingerprint density at radius 2 is 0.304 bits per heavy atom. The van der Waals surface area contributed by atoms with Crippen LogP contribution in [0.2, 0.25) is 0 Å². The Bertz CT molecular complexity index is 4370. The van der Waals surface area contributed by atoms with Crippen molar-refractivity contribution in [1.29, 1.82) is 0 Å². The van der Waals surface area contributed by atoms with Crippen LogP contribution in [0, 0.1) is 31.3 Å². The average Bonchev–Trinajstić information content (AvgIpc) is 0.848. The summed E-state index contributed by atoms with van der Waals surface area (Å²) in [5, 5.41) is 0. The molecule has 0 saturated heterocycles. The van der Waals surface area contributed by atoms with Gasteiger partial charge < -0.3 is 0 Å². The molecule has 15 aromatic carbocycles. The Balaban J connectivity index is 0.000000128. The van der Waals surface area contributed by atoms with E-state index < -0.39 is 0 Å². The van der Waals surface area contributed by atoms with Gasteiger partial charge in [-0.1, -0.05) is 199 Å². The Kier molecular flexibility index (Phi) is 27.4. The van der Waals surface area contributed by atoms with Crippen molar-refractivity contribution in [2.45, 2.75) is 87.3 Å². The van der Waals surface area contributed by atoms with E-state index in [2.05, 4.69) is 257 Å². The standard InChI is InChI=1S/C19H15OS.2C19H17S.C18H13F2S.C18H14FS/c20-15-16-11-13-19(14-12-16)21(17-7-3-1-4-8-17)18-9-5-2-6-10-18;2*1-16-12-14-19(15-13-16)20(17-8-4-2-5-9-17)18-10-6-3-7-11-18;19-14-6-10-17(11-7-14)21(16-4-2-1-3-5-16)18-12-8-15(20)9-13-18;19-15-11-13-18(14-12-15)20(16-7-3-1-4-8-16)17-9-5-2-6-10-17/h1-15H;2*2-15H,1H3;1-13H;1-14H/q5*+1. The molecule has 0 aliphatic rings. The van der Waals surface area contributed by atoms with Crippen molar-refractivity contribution in [3.05, 3.63) is 453 Å². The zero-order chi connectivity index (χ0) is 70.5. The van der Waals surface area contributed by atoms with Crippen LogP contribution in [-0.4, -0.2) is 6.29 Å². The van der Waals surface area contributed by atoms with E-state index in [9.17, 15) is 18.0 Å². The maximum Gasteiger partial charge on any atom is 0.166 e. The second-order valence-electron chi connectivity index (χ2n) is 23.0. The minimum absolute atomic E-state index is 0.0229. The van der Waals surface area contributed by atoms with E-state index in [1.54, 1.807) is 24.3 Å². The van der Waals surface area contributed by atoms with Gasteiger partial charge in [0.2, 0.25) is 0 Å². The summed E-state index contributed by atoms with van der Waals surface area (Å²) < 4.78 is 39.5. The Hall–Kier alpha value is -10.5. The lowest BCUT2D eigenvalue weighted by Crippen LogP contribution is -2.04. The topological polar surface area (TPSA) is 17.1 Å². The molecule has 0 spiro atoms. The van der Waals surface area contributed by atoms with Crippen molar-refractivity contribution in [2.24, 2.45) is 0 Å². The van der Waals surface area contributed by atoms with Gasteiger partial charge in [0.05, 0.1) is 54.5 Å². The van der Waals surface area contributed by atoms with Crippen LogP contribution in [0.3, 0.4) is 0 Å². The molecular formula is C93H76F3OS5+5. The average molecular weight is 1430 g/mol. The van der Waals surface area contributed by atoms with Gasteiger partial charge in [0.1, 0.15) is 23.7 Å². The van der Waals surface area contributed by atoms with Crippen LogP contribution in [0.15, 0.2) is 492 Å². The monoisotopic (exact) mass is 1430 g/mol. The van der Waals surface area contributed by atoms with E-state index in [0.717, 1.165) is 25.9 Å². The van der Waals surface area contributed by atoms with Crippen molar-refractivity contribution in [3.8, 4) is 0 Å². The molecule has 9 heteroatoms. The van der Waals surface area contributed by atoms with Gasteiger partial charge in [0, 0.05) is 5.56 Å². The van der Waals surface area contributed by atoms with Gasteiger partial charge in [0.15, 0.2) is 73.4 Å². The number of aryl methyl sites for hydroxylation is 2. The molecule has 0 amide bonds. The molecule has 0 heterocycles. The van der Waals surface area contributed by atoms with Gasteiger partial charge in [0.25, 0.3) is 0 Å². The number of hydrogen-bond donors (Lipinski definition) is 0. The predicted octanol–water partition coefficient (Wildman–Crippen LogP) is 24.8. The smallest absolute Gasteiger partial charge is 0.166 e. The van der Waals surface area contributed by atoms with E-state index in [0.29, 0.717) is 5.56 Å². The molecule has 0 aliphatic carbocycles. The van der Waals surface area contributed by atoms with Crippen LogP contribution in [0.1, 0.15) is 21.5 Å². The molecule has 0 saturated carbocycles. The third kappa shape index (κ3) is 20.8. The van der Waals surface area contributed by atoms with Gasteiger partial charge in [-0.25, -0.2) is 13.2 Å². The Labute approximate surface area is 613 Å². The van der Waals surface area contributed by atoms with E-state index in [4.69, 9.17) is 0 Å². The first-order valence-corrected chi connectivity index (χ1v) is 39.4. The highest BCUT2D eigenvalue weighted by atomic mass is 32.2. The zero-order valence-electron chi connectivity index (χ0n) is 56.5. The molecule has 0 unspecified atom stereocenters. The van der Waals surface area contributed by atoms with Crippen molar-refractivity contribution in [2.75, 3.05) is 0 Å². The van der Waals surface area contributed by atoms with Gasteiger partial charge in [-0.15, -0.1) is 0 Å². The lowest BCUT2D eigenvalue weighted by atomic mass is 10.2. The maximum atomic E-state index is 13.2. The van der Waals surface area contributed by atoms with E-state index >= 15 is 0 Å². The molecule has 0 bridgehead atoms. The van der Waals surface area contributed by atoms with Gasteiger partial charge >= 0.3 is 0 Å². The Morgan fingerprint density at radius 3 is 0.451 bits per heavy atom. The number of benzene rings is 15. The summed E-state index contributed by atoms with van der Waals surface area (Å²) in [5.41, 5.74) is 3.32. The van der Waals surface area contributed by atoms with Crippen molar-refractivity contribution in [1.82, 2.24) is 0 Å². The van der Waals surface area contributed by atoms with Crippen LogP contribution in [0.25, 0.3) is 0 Å². The second kappa shape index (κ2) is 38.4. The third-order valence-corrected chi connectivity index (χ3v) is 26.9. The summed E-state index contributed by atoms with van der Waals surface area (Å²) >= 11 is 0. The fourth-order valence-corrected chi connectivity index (χ4v) is 21.2. The van der Waals surface area contributed by atoms with Crippen LogP contribution in [0.4, 0.5) is 13.2 Å². The molecule has 15 rings (SSSR count). The molecule has 0 N–H and O–H groups in total. The molecule has 0 atom stereocenters. The van der Waals surface area contributed by atoms with Gasteiger partial charge in [-0.2, -0.15) is 0 Å². The predicted molar refractivity (Wildman–Crippen MR) is 422 cm³/mol. The normalized spacial score (nSPS) is 10.7. The molecule has 500 valence electrons. The largest absolute Gasteiger partial charge is 0.298 e.